The van der Waals surface area contributed by atoms with E-state index in [2.05, 4.69) is 64.3 Å². The number of piperazine rings is 1. The molecule has 1 atom stereocenters. The molecule has 1 saturated heterocycles. The van der Waals surface area contributed by atoms with Gasteiger partial charge in [0.05, 0.1) is 12.6 Å². The number of nitrogens with zero attached hydrogens (tertiary/aromatic N) is 4. The molecule has 6 heteroatoms. The van der Waals surface area contributed by atoms with E-state index in [9.17, 15) is 5.11 Å². The molecular formula is C20H31N5O. The summed E-state index contributed by atoms with van der Waals surface area (Å²) in [5, 5.41) is 12.8. The largest absolute Gasteiger partial charge is 0.395 e. The molecule has 2 N–H and O–H groups in total. The van der Waals surface area contributed by atoms with Crippen LogP contribution in [0.1, 0.15) is 19.8 Å². The maximum Gasteiger partial charge on any atom is 0.203 e. The Bertz CT molecular complexity index is 620. The van der Waals surface area contributed by atoms with Gasteiger partial charge in [0.25, 0.3) is 0 Å². The highest BCUT2D eigenvalue weighted by Gasteiger charge is 2.18. The molecule has 0 saturated carbocycles. The minimum absolute atomic E-state index is 0.0864. The second-order valence-corrected chi connectivity index (χ2v) is 6.99. The fourth-order valence-electron chi connectivity index (χ4n) is 3.44. The number of nitrogens with one attached hydrogen (secondary N) is 1. The Hall–Kier alpha value is -2.05. The smallest absolute Gasteiger partial charge is 0.203 e. The van der Waals surface area contributed by atoms with Gasteiger partial charge in [0.1, 0.15) is 0 Å². The monoisotopic (exact) mass is 357 g/mol. The second-order valence-electron chi connectivity index (χ2n) is 6.99. The van der Waals surface area contributed by atoms with Crippen LogP contribution < -0.4 is 15.1 Å². The fraction of sp³-hybridized carbons (Fsp3) is 0.550. The van der Waals surface area contributed by atoms with Crippen LogP contribution in [-0.2, 0) is 0 Å². The first-order valence-corrected chi connectivity index (χ1v) is 9.64. The minimum Gasteiger partial charge on any atom is -0.395 e. The molecule has 2 aliphatic heterocycles. The first-order valence-electron chi connectivity index (χ1n) is 9.64. The fourth-order valence-corrected chi connectivity index (χ4v) is 3.44. The summed E-state index contributed by atoms with van der Waals surface area (Å²) in [4.78, 5) is 11.6. The summed E-state index contributed by atoms with van der Waals surface area (Å²) >= 11 is 0. The number of anilines is 2. The summed E-state index contributed by atoms with van der Waals surface area (Å²) in [6.45, 7) is 7.11. The average molecular weight is 358 g/mol. The summed E-state index contributed by atoms with van der Waals surface area (Å²) in [5.74, 6) is 0.812. The van der Waals surface area contributed by atoms with Crippen LogP contribution in [0.25, 0.3) is 0 Å². The molecule has 0 amide bonds. The first-order chi connectivity index (χ1) is 12.7. The van der Waals surface area contributed by atoms with Gasteiger partial charge >= 0.3 is 0 Å². The highest BCUT2D eigenvalue weighted by Crippen LogP contribution is 2.23. The van der Waals surface area contributed by atoms with Gasteiger partial charge in [-0.25, -0.2) is 4.99 Å². The van der Waals surface area contributed by atoms with E-state index in [0.29, 0.717) is 6.54 Å². The Balaban J connectivity index is 1.74. The zero-order chi connectivity index (χ0) is 18.4. The summed E-state index contributed by atoms with van der Waals surface area (Å²) < 4.78 is 0. The summed E-state index contributed by atoms with van der Waals surface area (Å²) in [5.41, 5.74) is 2.31. The van der Waals surface area contributed by atoms with E-state index < -0.39 is 0 Å². The third kappa shape index (κ3) is 4.56. The molecule has 1 aromatic rings. The number of aliphatic hydroxyl groups is 1. The van der Waals surface area contributed by atoms with Crippen molar-refractivity contribution >= 4 is 17.3 Å². The van der Waals surface area contributed by atoms with Crippen molar-refractivity contribution in [2.24, 2.45) is 4.99 Å². The minimum atomic E-state index is 0.0864. The number of aliphatic hydroxyl groups excluding tert-OH is 1. The Morgan fingerprint density at radius 3 is 2.58 bits per heavy atom. The van der Waals surface area contributed by atoms with E-state index in [1.807, 2.05) is 6.20 Å². The van der Waals surface area contributed by atoms with Gasteiger partial charge in [-0.3, -0.25) is 0 Å². The predicted molar refractivity (Wildman–Crippen MR) is 109 cm³/mol. The number of benzene rings is 1. The lowest BCUT2D eigenvalue weighted by Gasteiger charge is -2.34. The molecule has 2 aliphatic rings. The molecular weight excluding hydrogens is 326 g/mol. The van der Waals surface area contributed by atoms with Crippen molar-refractivity contribution in [2.45, 2.75) is 25.8 Å². The van der Waals surface area contributed by atoms with Crippen LogP contribution in [-0.4, -0.2) is 68.4 Å². The van der Waals surface area contributed by atoms with Crippen molar-refractivity contribution in [1.82, 2.24) is 10.2 Å². The van der Waals surface area contributed by atoms with E-state index >= 15 is 0 Å². The molecule has 3 rings (SSSR count). The maximum atomic E-state index is 9.53. The number of hydrogen-bond donors (Lipinski definition) is 2. The van der Waals surface area contributed by atoms with E-state index in [4.69, 9.17) is 4.99 Å². The Labute approximate surface area is 156 Å². The topological polar surface area (TPSA) is 54.3 Å². The molecule has 1 aromatic carbocycles. The lowest BCUT2D eigenvalue weighted by molar-refractivity contribution is 0.306. The summed E-state index contributed by atoms with van der Waals surface area (Å²) in [6.07, 6.45) is 6.20. The van der Waals surface area contributed by atoms with E-state index in [0.717, 1.165) is 50.7 Å². The van der Waals surface area contributed by atoms with Crippen LogP contribution in [0.2, 0.25) is 0 Å². The SMILES string of the molecule is CCCC1C=CNC(N(CCO)c2ccc(N3CCN(C)CC3)cc2)=N1. The lowest BCUT2D eigenvalue weighted by Crippen LogP contribution is -2.44. The molecule has 0 bridgehead atoms. The summed E-state index contributed by atoms with van der Waals surface area (Å²) in [6, 6.07) is 8.81. The highest BCUT2D eigenvalue weighted by molar-refractivity contribution is 5.97. The van der Waals surface area contributed by atoms with Crippen LogP contribution in [0.15, 0.2) is 41.5 Å². The third-order valence-electron chi connectivity index (χ3n) is 5.01. The van der Waals surface area contributed by atoms with Crippen LogP contribution >= 0.6 is 0 Å². The Morgan fingerprint density at radius 2 is 1.92 bits per heavy atom. The molecule has 1 unspecified atom stereocenters. The molecule has 2 heterocycles. The van der Waals surface area contributed by atoms with Gasteiger partial charge in [-0.1, -0.05) is 13.3 Å². The molecule has 0 spiro atoms. The average Bonchev–Trinajstić information content (AvgIpc) is 2.67. The molecule has 1 fully saturated rings. The predicted octanol–water partition coefficient (Wildman–Crippen LogP) is 1.88. The van der Waals surface area contributed by atoms with Crippen molar-refractivity contribution in [3.63, 3.8) is 0 Å². The Kier molecular flexibility index (Phi) is 6.52. The van der Waals surface area contributed by atoms with Gasteiger partial charge < -0.3 is 25.1 Å². The van der Waals surface area contributed by atoms with Gasteiger partial charge in [0.2, 0.25) is 5.96 Å². The van der Waals surface area contributed by atoms with Crippen LogP contribution in [0.5, 0.6) is 0 Å². The van der Waals surface area contributed by atoms with Crippen LogP contribution in [0.4, 0.5) is 11.4 Å². The zero-order valence-corrected chi connectivity index (χ0v) is 15.9. The first kappa shape index (κ1) is 18.7. The lowest BCUT2D eigenvalue weighted by atomic mass is 10.1. The molecule has 0 aliphatic carbocycles. The van der Waals surface area contributed by atoms with Crippen LogP contribution in [0.3, 0.4) is 0 Å². The number of guanidine groups is 1. The molecule has 0 aromatic heterocycles. The molecule has 6 nitrogen and oxygen atoms in total. The molecule has 26 heavy (non-hydrogen) atoms. The van der Waals surface area contributed by atoms with Gasteiger partial charge in [0, 0.05) is 50.3 Å². The van der Waals surface area contributed by atoms with Crippen LogP contribution in [0, 0.1) is 0 Å². The standard InChI is InChI=1S/C20H31N5O/c1-3-4-17-9-10-21-20(22-17)25(15-16-26)19-7-5-18(6-8-19)24-13-11-23(2)12-14-24/h5-10,17,26H,3-4,11-16H2,1-2H3,(H,21,22). The summed E-state index contributed by atoms with van der Waals surface area (Å²) in [7, 11) is 2.17. The van der Waals surface area contributed by atoms with Gasteiger partial charge in [-0.05, 0) is 43.8 Å². The number of likely N-dealkylation sites (N-methyl/N-ethyl adjacent to an activating group) is 1. The van der Waals surface area contributed by atoms with Gasteiger partial charge in [0.15, 0.2) is 0 Å². The zero-order valence-electron chi connectivity index (χ0n) is 15.9. The van der Waals surface area contributed by atoms with Crippen molar-refractivity contribution in [3.05, 3.63) is 36.5 Å². The number of hydrogen-bond acceptors (Lipinski definition) is 6. The van der Waals surface area contributed by atoms with Crippen molar-refractivity contribution in [1.29, 1.82) is 0 Å². The number of aliphatic imine (C=N–C) groups is 1. The normalized spacial score (nSPS) is 20.7. The van der Waals surface area contributed by atoms with Crippen molar-refractivity contribution in [3.8, 4) is 0 Å². The van der Waals surface area contributed by atoms with Gasteiger partial charge in [-0.15, -0.1) is 0 Å². The quantitative estimate of drug-likeness (QED) is 0.814. The van der Waals surface area contributed by atoms with Crippen molar-refractivity contribution in [2.75, 3.05) is 56.2 Å². The van der Waals surface area contributed by atoms with Gasteiger partial charge in [-0.2, -0.15) is 0 Å². The molecule has 142 valence electrons. The van der Waals surface area contributed by atoms with Crippen molar-refractivity contribution < 1.29 is 5.11 Å². The van der Waals surface area contributed by atoms with E-state index in [1.165, 1.54) is 5.69 Å². The van der Waals surface area contributed by atoms with E-state index in [-0.39, 0.29) is 12.6 Å². The molecule has 0 radical (unpaired) electrons. The number of rotatable bonds is 6. The maximum absolute atomic E-state index is 9.53. The highest BCUT2D eigenvalue weighted by atomic mass is 16.3. The third-order valence-corrected chi connectivity index (χ3v) is 5.01. The second kappa shape index (κ2) is 9.05. The Morgan fingerprint density at radius 1 is 1.19 bits per heavy atom. The van der Waals surface area contributed by atoms with E-state index in [1.54, 1.807) is 0 Å².